The van der Waals surface area contributed by atoms with E-state index in [0.717, 1.165) is 32.7 Å². The average Bonchev–Trinajstić information content (AvgIpc) is 2.34. The van der Waals surface area contributed by atoms with E-state index in [1.54, 1.807) is 12.1 Å². The van der Waals surface area contributed by atoms with Gasteiger partial charge in [-0.3, -0.25) is 4.90 Å². The molecule has 1 aliphatic heterocycles. The highest BCUT2D eigenvalue weighted by molar-refractivity contribution is 5.20. The lowest BCUT2D eigenvalue weighted by Gasteiger charge is -2.34. The van der Waals surface area contributed by atoms with Crippen molar-refractivity contribution in [3.05, 3.63) is 35.6 Å². The number of hydrogen-bond donors (Lipinski definition) is 0. The zero-order chi connectivity index (χ0) is 11.4. The molecule has 0 aromatic heterocycles. The summed E-state index contributed by atoms with van der Waals surface area (Å²) in [5.41, 5.74) is 1.20. The molecule has 1 fully saturated rings. The molecule has 2 nitrogen and oxygen atoms in total. The topological polar surface area (TPSA) is 12.5 Å². The van der Waals surface area contributed by atoms with Gasteiger partial charge in [0, 0.05) is 19.1 Å². The van der Waals surface area contributed by atoms with Gasteiger partial charge in [-0.05, 0) is 24.1 Å². The third-order valence-electron chi connectivity index (χ3n) is 3.13. The van der Waals surface area contributed by atoms with Crippen molar-refractivity contribution in [1.82, 2.24) is 4.90 Å². The molecule has 1 aromatic carbocycles. The van der Waals surface area contributed by atoms with E-state index in [4.69, 9.17) is 4.74 Å². The lowest BCUT2D eigenvalue weighted by Crippen LogP contribution is -2.38. The first kappa shape index (κ1) is 11.6. The van der Waals surface area contributed by atoms with E-state index in [-0.39, 0.29) is 5.82 Å². The third-order valence-corrected chi connectivity index (χ3v) is 3.13. The Bertz CT molecular complexity index is 319. The Morgan fingerprint density at radius 2 is 1.88 bits per heavy atom. The molecule has 0 spiro atoms. The number of rotatable bonds is 3. The Morgan fingerprint density at radius 3 is 2.44 bits per heavy atom. The van der Waals surface area contributed by atoms with Crippen LogP contribution >= 0.6 is 0 Å². The van der Waals surface area contributed by atoms with E-state index in [0.29, 0.717) is 6.04 Å². The largest absolute Gasteiger partial charge is 0.379 e. The minimum atomic E-state index is -0.166. The summed E-state index contributed by atoms with van der Waals surface area (Å²) in [6.07, 6.45) is 1.05. The first-order valence-electron chi connectivity index (χ1n) is 5.88. The van der Waals surface area contributed by atoms with Crippen LogP contribution in [0.3, 0.4) is 0 Å². The second-order valence-corrected chi connectivity index (χ2v) is 4.12. The van der Waals surface area contributed by atoms with Gasteiger partial charge in [0.15, 0.2) is 0 Å². The molecule has 0 radical (unpaired) electrons. The maximum Gasteiger partial charge on any atom is 0.123 e. The number of halogens is 1. The van der Waals surface area contributed by atoms with Gasteiger partial charge in [-0.25, -0.2) is 4.39 Å². The summed E-state index contributed by atoms with van der Waals surface area (Å²) >= 11 is 0. The molecular weight excluding hydrogens is 205 g/mol. The van der Waals surface area contributed by atoms with Gasteiger partial charge in [-0.15, -0.1) is 0 Å². The van der Waals surface area contributed by atoms with Crippen LogP contribution in [0.1, 0.15) is 24.9 Å². The summed E-state index contributed by atoms with van der Waals surface area (Å²) in [5, 5.41) is 0. The number of ether oxygens (including phenoxy) is 1. The summed E-state index contributed by atoms with van der Waals surface area (Å²) in [6, 6.07) is 7.25. The zero-order valence-corrected chi connectivity index (χ0v) is 9.66. The summed E-state index contributed by atoms with van der Waals surface area (Å²) in [5.74, 6) is -0.166. The molecule has 0 aliphatic carbocycles. The van der Waals surface area contributed by atoms with Crippen molar-refractivity contribution < 1.29 is 9.13 Å². The van der Waals surface area contributed by atoms with Crippen molar-refractivity contribution in [3.63, 3.8) is 0 Å². The van der Waals surface area contributed by atoms with Crippen molar-refractivity contribution in [3.8, 4) is 0 Å². The van der Waals surface area contributed by atoms with Gasteiger partial charge in [-0.2, -0.15) is 0 Å². The molecule has 2 rings (SSSR count). The second-order valence-electron chi connectivity index (χ2n) is 4.12. The molecule has 1 saturated heterocycles. The summed E-state index contributed by atoms with van der Waals surface area (Å²) in [6.45, 7) is 5.71. The minimum absolute atomic E-state index is 0.166. The number of nitrogens with zero attached hydrogens (tertiary/aromatic N) is 1. The third kappa shape index (κ3) is 2.60. The minimum Gasteiger partial charge on any atom is -0.379 e. The van der Waals surface area contributed by atoms with Gasteiger partial charge in [0.25, 0.3) is 0 Å². The SMILES string of the molecule is CCC(c1ccc(F)cc1)N1CCOCC1. The van der Waals surface area contributed by atoms with Crippen LogP contribution in [0.15, 0.2) is 24.3 Å². The normalized spacial score (nSPS) is 19.6. The van der Waals surface area contributed by atoms with Crippen LogP contribution in [0.5, 0.6) is 0 Å². The molecule has 0 N–H and O–H groups in total. The first-order valence-corrected chi connectivity index (χ1v) is 5.88. The predicted molar refractivity (Wildman–Crippen MR) is 61.8 cm³/mol. The average molecular weight is 223 g/mol. The fourth-order valence-corrected chi connectivity index (χ4v) is 2.28. The van der Waals surface area contributed by atoms with Gasteiger partial charge in [0.1, 0.15) is 5.82 Å². The van der Waals surface area contributed by atoms with Gasteiger partial charge in [-0.1, -0.05) is 19.1 Å². The van der Waals surface area contributed by atoms with Crippen LogP contribution in [0.4, 0.5) is 4.39 Å². The Balaban J connectivity index is 2.11. The summed E-state index contributed by atoms with van der Waals surface area (Å²) in [4.78, 5) is 2.41. The quantitative estimate of drug-likeness (QED) is 0.781. The van der Waals surface area contributed by atoms with E-state index in [1.165, 1.54) is 5.56 Å². The van der Waals surface area contributed by atoms with Crippen molar-refractivity contribution in [2.45, 2.75) is 19.4 Å². The predicted octanol–water partition coefficient (Wildman–Crippen LogP) is 2.61. The van der Waals surface area contributed by atoms with Crippen molar-refractivity contribution in [2.75, 3.05) is 26.3 Å². The smallest absolute Gasteiger partial charge is 0.123 e. The molecule has 1 aromatic rings. The fourth-order valence-electron chi connectivity index (χ4n) is 2.28. The molecule has 1 heterocycles. The highest BCUT2D eigenvalue weighted by atomic mass is 19.1. The Kier molecular flexibility index (Phi) is 3.91. The van der Waals surface area contributed by atoms with Crippen LogP contribution in [0, 0.1) is 5.82 Å². The molecule has 0 amide bonds. The molecule has 0 bridgehead atoms. The van der Waals surface area contributed by atoms with Gasteiger partial charge < -0.3 is 4.74 Å². The number of hydrogen-bond acceptors (Lipinski definition) is 2. The molecule has 16 heavy (non-hydrogen) atoms. The van der Waals surface area contributed by atoms with Crippen molar-refractivity contribution >= 4 is 0 Å². The molecule has 1 unspecified atom stereocenters. The molecule has 1 atom stereocenters. The molecule has 3 heteroatoms. The number of morpholine rings is 1. The van der Waals surface area contributed by atoms with E-state index in [1.807, 2.05) is 12.1 Å². The van der Waals surface area contributed by atoms with Crippen LogP contribution in [0.2, 0.25) is 0 Å². The lowest BCUT2D eigenvalue weighted by molar-refractivity contribution is 0.0152. The molecule has 88 valence electrons. The molecular formula is C13H18FNO. The van der Waals surface area contributed by atoms with Gasteiger partial charge in [0.2, 0.25) is 0 Å². The Morgan fingerprint density at radius 1 is 1.25 bits per heavy atom. The van der Waals surface area contributed by atoms with E-state index in [2.05, 4.69) is 11.8 Å². The zero-order valence-electron chi connectivity index (χ0n) is 9.66. The summed E-state index contributed by atoms with van der Waals surface area (Å²) < 4.78 is 18.2. The fraction of sp³-hybridized carbons (Fsp3) is 0.538. The maximum atomic E-state index is 12.9. The standard InChI is InChI=1S/C13H18FNO/c1-2-13(15-7-9-16-10-8-15)11-3-5-12(14)6-4-11/h3-6,13H,2,7-10H2,1H3. The van der Waals surface area contributed by atoms with Gasteiger partial charge in [0.05, 0.1) is 13.2 Å². The monoisotopic (exact) mass is 223 g/mol. The number of benzene rings is 1. The second kappa shape index (κ2) is 5.41. The maximum absolute atomic E-state index is 12.9. The van der Waals surface area contributed by atoms with Crippen molar-refractivity contribution in [2.24, 2.45) is 0 Å². The van der Waals surface area contributed by atoms with Crippen LogP contribution in [-0.2, 0) is 4.74 Å². The van der Waals surface area contributed by atoms with Crippen LogP contribution < -0.4 is 0 Å². The van der Waals surface area contributed by atoms with Gasteiger partial charge >= 0.3 is 0 Å². The van der Waals surface area contributed by atoms with Crippen LogP contribution in [0.25, 0.3) is 0 Å². The van der Waals surface area contributed by atoms with Crippen molar-refractivity contribution in [1.29, 1.82) is 0 Å². The highest BCUT2D eigenvalue weighted by Gasteiger charge is 2.20. The van der Waals surface area contributed by atoms with Crippen LogP contribution in [-0.4, -0.2) is 31.2 Å². The highest BCUT2D eigenvalue weighted by Crippen LogP contribution is 2.24. The lowest BCUT2D eigenvalue weighted by atomic mass is 10.0. The Labute approximate surface area is 96.0 Å². The molecule has 1 aliphatic rings. The Hall–Kier alpha value is -0.930. The van der Waals surface area contributed by atoms with E-state index < -0.39 is 0 Å². The first-order chi connectivity index (χ1) is 7.81. The summed E-state index contributed by atoms with van der Waals surface area (Å²) in [7, 11) is 0. The molecule has 0 saturated carbocycles. The van der Waals surface area contributed by atoms with E-state index in [9.17, 15) is 4.39 Å². The van der Waals surface area contributed by atoms with E-state index >= 15 is 0 Å².